The molecule has 1 N–H and O–H groups in total. The van der Waals surface area contributed by atoms with Gasteiger partial charge in [-0.15, -0.1) is 0 Å². The summed E-state index contributed by atoms with van der Waals surface area (Å²) in [7, 11) is 0. The predicted molar refractivity (Wildman–Crippen MR) is 70.6 cm³/mol. The van der Waals surface area contributed by atoms with Crippen molar-refractivity contribution < 1.29 is 4.79 Å². The van der Waals surface area contributed by atoms with Crippen molar-refractivity contribution in [3.05, 3.63) is 40.3 Å². The van der Waals surface area contributed by atoms with Crippen molar-refractivity contribution in [2.75, 3.05) is 0 Å². The van der Waals surface area contributed by atoms with Gasteiger partial charge in [0.05, 0.1) is 22.8 Å². The first-order valence-corrected chi connectivity index (χ1v) is 6.32. The van der Waals surface area contributed by atoms with Gasteiger partial charge in [0.25, 0.3) is 5.56 Å². The highest BCUT2D eigenvalue weighted by atomic mass is 16.1. The first-order chi connectivity index (χ1) is 9.23. The molecule has 0 saturated heterocycles. The van der Waals surface area contributed by atoms with Crippen LogP contribution in [-0.2, 0) is 10.3 Å². The zero-order valence-electron chi connectivity index (χ0n) is 10.3. The van der Waals surface area contributed by atoms with Gasteiger partial charge in [-0.2, -0.15) is 4.99 Å². The smallest absolute Gasteiger partial charge is 0.266 e. The number of hydrogen-bond donors (Lipinski definition) is 1. The van der Waals surface area contributed by atoms with Crippen molar-refractivity contribution in [2.24, 2.45) is 4.99 Å². The highest BCUT2D eigenvalue weighted by Gasteiger charge is 2.35. The lowest BCUT2D eigenvalue weighted by molar-refractivity contribution is 0.456. The maximum Gasteiger partial charge on any atom is 0.266 e. The van der Waals surface area contributed by atoms with Crippen molar-refractivity contribution in [1.29, 1.82) is 0 Å². The van der Waals surface area contributed by atoms with Gasteiger partial charge in [0.15, 0.2) is 0 Å². The molecular weight excluding hydrogens is 242 g/mol. The molecule has 0 spiro atoms. The summed E-state index contributed by atoms with van der Waals surface area (Å²) in [5.74, 6) is 0. The average molecular weight is 255 g/mol. The average Bonchev–Trinajstić information content (AvgIpc) is 2.88. The van der Waals surface area contributed by atoms with Crippen LogP contribution in [0.4, 0.5) is 0 Å². The Balaban J connectivity index is 2.17. The number of rotatable bonds is 2. The molecule has 1 aromatic heterocycles. The molecule has 0 bridgehead atoms. The van der Waals surface area contributed by atoms with E-state index in [0.29, 0.717) is 11.0 Å². The number of hydrogen-bond acceptors (Lipinski definition) is 4. The number of nitrogens with zero attached hydrogens (tertiary/aromatic N) is 2. The first kappa shape index (κ1) is 11.8. The zero-order chi connectivity index (χ0) is 13.3. The number of benzene rings is 1. The molecule has 5 heteroatoms. The van der Waals surface area contributed by atoms with Crippen molar-refractivity contribution in [3.8, 4) is 0 Å². The fourth-order valence-corrected chi connectivity index (χ4v) is 2.84. The van der Waals surface area contributed by atoms with Crippen LogP contribution in [0.15, 0.2) is 34.2 Å². The van der Waals surface area contributed by atoms with Gasteiger partial charge >= 0.3 is 0 Å². The third-order valence-electron chi connectivity index (χ3n) is 3.80. The van der Waals surface area contributed by atoms with Crippen LogP contribution in [-0.4, -0.2) is 16.0 Å². The Morgan fingerprint density at radius 1 is 1.32 bits per heavy atom. The summed E-state index contributed by atoms with van der Waals surface area (Å²) in [6, 6.07) is 5.63. The van der Waals surface area contributed by atoms with E-state index in [4.69, 9.17) is 0 Å². The third kappa shape index (κ3) is 1.98. The molecule has 0 unspecified atom stereocenters. The third-order valence-corrected chi connectivity index (χ3v) is 3.80. The van der Waals surface area contributed by atoms with Gasteiger partial charge in [0.2, 0.25) is 6.08 Å². The summed E-state index contributed by atoms with van der Waals surface area (Å²) in [5.41, 5.74) is 1.71. The number of nitrogens with one attached hydrogen (secondary N) is 1. The SMILES string of the molecule is O=C=NC1(c2ccc3[nH]c(=O)cnc3c2)CCCC1. The molecule has 19 heavy (non-hydrogen) atoms. The van der Waals surface area contributed by atoms with E-state index in [2.05, 4.69) is 15.0 Å². The standard InChI is InChI=1S/C14H13N3O2/c18-9-16-14(5-1-2-6-14)10-3-4-11-12(7-10)15-8-13(19)17-11/h3-4,7-8H,1-2,5-6H2,(H,17,19). The van der Waals surface area contributed by atoms with Crippen LogP contribution in [0.25, 0.3) is 11.0 Å². The Morgan fingerprint density at radius 3 is 2.84 bits per heavy atom. The van der Waals surface area contributed by atoms with E-state index < -0.39 is 5.54 Å². The Labute approximate surface area is 109 Å². The largest absolute Gasteiger partial charge is 0.319 e. The lowest BCUT2D eigenvalue weighted by Gasteiger charge is -2.22. The number of isocyanates is 1. The van der Waals surface area contributed by atoms with Crippen LogP contribution >= 0.6 is 0 Å². The van der Waals surface area contributed by atoms with Crippen LogP contribution in [0.2, 0.25) is 0 Å². The maximum absolute atomic E-state index is 11.2. The van der Waals surface area contributed by atoms with Gasteiger partial charge in [0, 0.05) is 0 Å². The minimum absolute atomic E-state index is 0.221. The molecule has 1 aromatic carbocycles. The molecule has 96 valence electrons. The molecule has 1 fully saturated rings. The van der Waals surface area contributed by atoms with Crippen LogP contribution < -0.4 is 5.56 Å². The highest BCUT2D eigenvalue weighted by molar-refractivity contribution is 5.74. The van der Waals surface area contributed by atoms with Crippen molar-refractivity contribution >= 4 is 17.1 Å². The summed E-state index contributed by atoms with van der Waals surface area (Å²) >= 11 is 0. The van der Waals surface area contributed by atoms with Crippen molar-refractivity contribution in [1.82, 2.24) is 9.97 Å². The molecule has 1 heterocycles. The second kappa shape index (κ2) is 4.44. The van der Waals surface area contributed by atoms with Gasteiger partial charge in [0.1, 0.15) is 0 Å². The Morgan fingerprint density at radius 2 is 2.11 bits per heavy atom. The molecule has 1 saturated carbocycles. The zero-order valence-corrected chi connectivity index (χ0v) is 10.3. The fraction of sp³-hybridized carbons (Fsp3) is 0.357. The van der Waals surface area contributed by atoms with E-state index >= 15 is 0 Å². The topological polar surface area (TPSA) is 75.2 Å². The first-order valence-electron chi connectivity index (χ1n) is 6.32. The van der Waals surface area contributed by atoms with Crippen molar-refractivity contribution in [3.63, 3.8) is 0 Å². The fourth-order valence-electron chi connectivity index (χ4n) is 2.84. The second-order valence-electron chi connectivity index (χ2n) is 4.92. The van der Waals surface area contributed by atoms with Crippen LogP contribution in [0.1, 0.15) is 31.2 Å². The molecule has 0 amide bonds. The second-order valence-corrected chi connectivity index (χ2v) is 4.92. The molecule has 0 radical (unpaired) electrons. The summed E-state index contributed by atoms with van der Waals surface area (Å²) in [4.78, 5) is 32.8. The molecule has 0 aliphatic heterocycles. The molecule has 1 aliphatic rings. The number of H-pyrrole nitrogens is 1. The van der Waals surface area contributed by atoms with E-state index in [-0.39, 0.29) is 5.56 Å². The summed E-state index contributed by atoms with van der Waals surface area (Å²) in [6.07, 6.45) is 6.80. The van der Waals surface area contributed by atoms with E-state index in [1.165, 1.54) is 6.20 Å². The molecule has 1 aliphatic carbocycles. The van der Waals surface area contributed by atoms with Crippen molar-refractivity contribution in [2.45, 2.75) is 31.2 Å². The number of aromatic nitrogens is 2. The molecule has 2 aromatic rings. The van der Waals surface area contributed by atoms with Gasteiger partial charge in [-0.05, 0) is 30.5 Å². The minimum Gasteiger partial charge on any atom is -0.319 e. The van der Waals surface area contributed by atoms with Gasteiger partial charge < -0.3 is 4.98 Å². The predicted octanol–water partition coefficient (Wildman–Crippen LogP) is 2.03. The Bertz CT molecular complexity index is 723. The van der Waals surface area contributed by atoms with Gasteiger partial charge in [-0.3, -0.25) is 4.79 Å². The quantitative estimate of drug-likeness (QED) is 0.659. The monoisotopic (exact) mass is 255 g/mol. The summed E-state index contributed by atoms with van der Waals surface area (Å²) in [5, 5.41) is 0. The number of fused-ring (bicyclic) bond motifs is 1. The highest BCUT2D eigenvalue weighted by Crippen LogP contribution is 2.42. The molecular formula is C14H13N3O2. The van der Waals surface area contributed by atoms with Gasteiger partial charge in [-0.1, -0.05) is 18.9 Å². The molecule has 0 atom stereocenters. The Hall–Kier alpha value is -2.26. The lowest BCUT2D eigenvalue weighted by Crippen LogP contribution is -2.19. The maximum atomic E-state index is 11.2. The van der Waals surface area contributed by atoms with Crippen LogP contribution in [0.5, 0.6) is 0 Å². The lowest BCUT2D eigenvalue weighted by atomic mass is 9.88. The number of aromatic amines is 1. The van der Waals surface area contributed by atoms with E-state index in [9.17, 15) is 9.59 Å². The number of carbonyl (C=O) groups excluding carboxylic acids is 1. The van der Waals surface area contributed by atoms with Gasteiger partial charge in [-0.25, -0.2) is 9.78 Å². The normalized spacial score (nSPS) is 17.3. The van der Waals surface area contributed by atoms with Crippen LogP contribution in [0, 0.1) is 0 Å². The van der Waals surface area contributed by atoms with Crippen LogP contribution in [0.3, 0.4) is 0 Å². The van der Waals surface area contributed by atoms with E-state index in [1.807, 2.05) is 18.2 Å². The molecule has 3 rings (SSSR count). The van der Waals surface area contributed by atoms with E-state index in [1.54, 1.807) is 6.08 Å². The minimum atomic E-state index is -0.451. The summed E-state index contributed by atoms with van der Waals surface area (Å²) in [6.45, 7) is 0. The van der Waals surface area contributed by atoms with E-state index in [0.717, 1.165) is 31.2 Å². The summed E-state index contributed by atoms with van der Waals surface area (Å²) < 4.78 is 0. The number of aliphatic imine (C=N–C) groups is 1. The molecule has 5 nitrogen and oxygen atoms in total. The Kier molecular flexibility index (Phi) is 2.76.